The molecule has 0 bridgehead atoms. The summed E-state index contributed by atoms with van der Waals surface area (Å²) in [6.45, 7) is 2.11. The zero-order valence-electron chi connectivity index (χ0n) is 7.50. The largest absolute Gasteiger partial charge is 0.398 e. The molecule has 2 rings (SSSR count). The highest BCUT2D eigenvalue weighted by molar-refractivity contribution is 7.17. The van der Waals surface area contributed by atoms with E-state index in [0.717, 1.165) is 23.2 Å². The van der Waals surface area contributed by atoms with E-state index in [1.807, 2.05) is 12.1 Å². The molecule has 0 saturated heterocycles. The van der Waals surface area contributed by atoms with E-state index in [1.165, 1.54) is 10.3 Å². The van der Waals surface area contributed by atoms with Crippen LogP contribution in [-0.2, 0) is 6.42 Å². The van der Waals surface area contributed by atoms with Gasteiger partial charge in [-0.2, -0.15) is 0 Å². The number of fused-ring (bicyclic) bond motifs is 1. The first kappa shape index (κ1) is 8.38. The van der Waals surface area contributed by atoms with Gasteiger partial charge in [0.1, 0.15) is 0 Å². The molecule has 0 spiro atoms. The van der Waals surface area contributed by atoms with Crippen LogP contribution in [0.1, 0.15) is 12.5 Å². The predicted molar refractivity (Wildman–Crippen MR) is 60.0 cm³/mol. The zero-order chi connectivity index (χ0) is 9.42. The van der Waals surface area contributed by atoms with Crippen molar-refractivity contribution in [3.05, 3.63) is 23.1 Å². The van der Waals surface area contributed by atoms with Gasteiger partial charge in [0.2, 0.25) is 0 Å². The zero-order valence-corrected chi connectivity index (χ0v) is 8.32. The summed E-state index contributed by atoms with van der Waals surface area (Å²) in [6, 6.07) is 3.90. The number of nitrogens with two attached hydrogens (primary N) is 2. The normalized spacial score (nSPS) is 10.8. The van der Waals surface area contributed by atoms with E-state index in [0.29, 0.717) is 0 Å². The fraction of sp³-hybridized carbons (Fsp3) is 0.200. The summed E-state index contributed by atoms with van der Waals surface area (Å²) >= 11 is 1.71. The molecule has 0 aliphatic carbocycles. The highest BCUT2D eigenvalue weighted by atomic mass is 32.1. The number of hydrogen-bond acceptors (Lipinski definition) is 3. The minimum absolute atomic E-state index is 0.783. The first-order chi connectivity index (χ1) is 6.24. The van der Waals surface area contributed by atoms with Crippen LogP contribution in [0.4, 0.5) is 11.4 Å². The van der Waals surface area contributed by atoms with Gasteiger partial charge in [0.15, 0.2) is 0 Å². The molecular formula is C10H12N2S. The van der Waals surface area contributed by atoms with Crippen LogP contribution in [0.2, 0.25) is 0 Å². The lowest BCUT2D eigenvalue weighted by Crippen LogP contribution is -1.96. The van der Waals surface area contributed by atoms with Crippen LogP contribution < -0.4 is 11.5 Å². The van der Waals surface area contributed by atoms with Gasteiger partial charge in [0.25, 0.3) is 0 Å². The van der Waals surface area contributed by atoms with Crippen molar-refractivity contribution in [2.24, 2.45) is 0 Å². The second-order valence-corrected chi connectivity index (χ2v) is 3.97. The molecule has 4 N–H and O–H groups in total. The molecule has 0 fully saturated rings. The SMILES string of the molecule is CCc1c(N)cc(N)c2ccsc12. The summed E-state index contributed by atoms with van der Waals surface area (Å²) in [5.41, 5.74) is 14.6. The average molecular weight is 192 g/mol. The van der Waals surface area contributed by atoms with Crippen LogP contribution >= 0.6 is 11.3 Å². The minimum Gasteiger partial charge on any atom is -0.398 e. The lowest BCUT2D eigenvalue weighted by Gasteiger charge is -2.06. The van der Waals surface area contributed by atoms with Crippen LogP contribution in [0, 0.1) is 0 Å². The molecule has 0 aliphatic rings. The Hall–Kier alpha value is -1.22. The highest BCUT2D eigenvalue weighted by Gasteiger charge is 2.07. The van der Waals surface area contributed by atoms with Crippen LogP contribution in [-0.4, -0.2) is 0 Å². The maximum absolute atomic E-state index is 5.88. The first-order valence-corrected chi connectivity index (χ1v) is 5.16. The molecule has 2 aromatic rings. The second kappa shape index (κ2) is 2.92. The van der Waals surface area contributed by atoms with Crippen molar-refractivity contribution in [1.29, 1.82) is 0 Å². The Morgan fingerprint density at radius 3 is 2.77 bits per heavy atom. The summed E-state index contributed by atoms with van der Waals surface area (Å²) in [4.78, 5) is 0. The molecule has 1 aromatic carbocycles. The average Bonchev–Trinajstić information content (AvgIpc) is 2.53. The summed E-state index contributed by atoms with van der Waals surface area (Å²) in [7, 11) is 0. The quantitative estimate of drug-likeness (QED) is 0.682. The van der Waals surface area contributed by atoms with Crippen molar-refractivity contribution in [3.63, 3.8) is 0 Å². The van der Waals surface area contributed by atoms with Gasteiger partial charge in [-0.25, -0.2) is 0 Å². The topological polar surface area (TPSA) is 52.0 Å². The number of rotatable bonds is 1. The van der Waals surface area contributed by atoms with Crippen molar-refractivity contribution in [2.75, 3.05) is 11.5 Å². The Kier molecular flexibility index (Phi) is 1.88. The lowest BCUT2D eigenvalue weighted by atomic mass is 10.1. The van der Waals surface area contributed by atoms with Gasteiger partial charge >= 0.3 is 0 Å². The predicted octanol–water partition coefficient (Wildman–Crippen LogP) is 2.63. The Bertz CT molecular complexity index is 445. The van der Waals surface area contributed by atoms with Gasteiger partial charge < -0.3 is 11.5 Å². The Labute approximate surface area is 81.2 Å². The molecule has 0 atom stereocenters. The number of anilines is 2. The van der Waals surface area contributed by atoms with Crippen molar-refractivity contribution in [1.82, 2.24) is 0 Å². The second-order valence-electron chi connectivity index (χ2n) is 3.05. The van der Waals surface area contributed by atoms with E-state index in [-0.39, 0.29) is 0 Å². The van der Waals surface area contributed by atoms with Crippen LogP contribution in [0.15, 0.2) is 17.5 Å². The fourth-order valence-electron chi connectivity index (χ4n) is 1.60. The third kappa shape index (κ3) is 1.16. The van der Waals surface area contributed by atoms with E-state index >= 15 is 0 Å². The van der Waals surface area contributed by atoms with Crippen molar-refractivity contribution >= 4 is 32.8 Å². The van der Waals surface area contributed by atoms with Gasteiger partial charge in [0, 0.05) is 21.5 Å². The van der Waals surface area contributed by atoms with E-state index < -0.39 is 0 Å². The van der Waals surface area contributed by atoms with E-state index in [2.05, 4.69) is 12.3 Å². The van der Waals surface area contributed by atoms with Gasteiger partial charge in [-0.3, -0.25) is 0 Å². The van der Waals surface area contributed by atoms with Crippen LogP contribution in [0.3, 0.4) is 0 Å². The molecule has 1 heterocycles. The van der Waals surface area contributed by atoms with E-state index in [9.17, 15) is 0 Å². The standard InChI is InChI=1S/C10H12N2S/c1-2-6-8(11)5-9(12)7-3-4-13-10(6)7/h3-5H,2,11-12H2,1H3. The monoisotopic (exact) mass is 192 g/mol. The Balaban J connectivity index is 2.88. The molecule has 13 heavy (non-hydrogen) atoms. The van der Waals surface area contributed by atoms with Gasteiger partial charge in [-0.05, 0) is 29.5 Å². The fourth-order valence-corrected chi connectivity index (χ4v) is 2.66. The smallest absolute Gasteiger partial charge is 0.0423 e. The first-order valence-electron chi connectivity index (χ1n) is 4.28. The maximum atomic E-state index is 5.88. The highest BCUT2D eigenvalue weighted by Crippen LogP contribution is 2.33. The molecule has 1 aromatic heterocycles. The number of aryl methyl sites for hydroxylation is 1. The number of hydrogen-bond donors (Lipinski definition) is 2. The molecule has 0 aliphatic heterocycles. The molecule has 0 saturated carbocycles. The molecule has 3 heteroatoms. The molecule has 0 radical (unpaired) electrons. The van der Waals surface area contributed by atoms with Crippen LogP contribution in [0.25, 0.3) is 10.1 Å². The molecule has 0 amide bonds. The van der Waals surface area contributed by atoms with Crippen LogP contribution in [0.5, 0.6) is 0 Å². The third-order valence-electron chi connectivity index (χ3n) is 2.26. The van der Waals surface area contributed by atoms with E-state index in [1.54, 1.807) is 11.3 Å². The third-order valence-corrected chi connectivity index (χ3v) is 3.24. The summed E-state index contributed by atoms with van der Waals surface area (Å²) in [5.74, 6) is 0. The van der Waals surface area contributed by atoms with Gasteiger partial charge in [-0.1, -0.05) is 6.92 Å². The molecule has 68 valence electrons. The molecule has 2 nitrogen and oxygen atoms in total. The maximum Gasteiger partial charge on any atom is 0.0423 e. The number of thiophene rings is 1. The number of nitrogen functional groups attached to an aromatic ring is 2. The number of benzene rings is 1. The molecular weight excluding hydrogens is 180 g/mol. The minimum atomic E-state index is 0.783. The van der Waals surface area contributed by atoms with Gasteiger partial charge in [0.05, 0.1) is 0 Å². The lowest BCUT2D eigenvalue weighted by molar-refractivity contribution is 1.17. The Morgan fingerprint density at radius 2 is 2.08 bits per heavy atom. The summed E-state index contributed by atoms with van der Waals surface area (Å²) in [5, 5.41) is 3.19. The van der Waals surface area contributed by atoms with E-state index in [4.69, 9.17) is 11.5 Å². The summed E-state index contributed by atoms with van der Waals surface area (Å²) < 4.78 is 1.24. The van der Waals surface area contributed by atoms with Gasteiger partial charge in [-0.15, -0.1) is 11.3 Å². The van der Waals surface area contributed by atoms with Crippen molar-refractivity contribution in [2.45, 2.75) is 13.3 Å². The van der Waals surface area contributed by atoms with Crippen molar-refractivity contribution < 1.29 is 0 Å². The molecule has 0 unspecified atom stereocenters. The Morgan fingerprint density at radius 1 is 1.31 bits per heavy atom. The summed E-state index contributed by atoms with van der Waals surface area (Å²) in [6.07, 6.45) is 0.961. The van der Waals surface area contributed by atoms with Crippen molar-refractivity contribution in [3.8, 4) is 0 Å².